The maximum atomic E-state index is 14.3. The van der Waals surface area contributed by atoms with Gasteiger partial charge in [-0.1, -0.05) is 30.0 Å². The molecular formula is C18H18FNO2S. The average molecular weight is 331 g/mol. The molecule has 3 aliphatic rings. The third-order valence-electron chi connectivity index (χ3n) is 4.85. The van der Waals surface area contributed by atoms with E-state index in [-0.39, 0.29) is 27.9 Å². The fraction of sp³-hybridized carbons (Fsp3) is 0.444. The number of ketones is 1. The summed E-state index contributed by atoms with van der Waals surface area (Å²) in [4.78, 5) is 26.5. The summed E-state index contributed by atoms with van der Waals surface area (Å²) in [6.45, 7) is 1.31. The van der Waals surface area contributed by atoms with Gasteiger partial charge in [0.1, 0.15) is 5.82 Å². The van der Waals surface area contributed by atoms with Crippen molar-refractivity contribution in [1.82, 2.24) is 4.90 Å². The number of hydrogen-bond donors (Lipinski definition) is 0. The average Bonchev–Trinajstić information content (AvgIpc) is 3.31. The predicted octanol–water partition coefficient (Wildman–Crippen LogP) is 3.12. The van der Waals surface area contributed by atoms with E-state index in [1.165, 1.54) is 17.8 Å². The van der Waals surface area contributed by atoms with Crippen molar-refractivity contribution in [3.8, 4) is 0 Å². The van der Waals surface area contributed by atoms with Crippen molar-refractivity contribution in [1.29, 1.82) is 0 Å². The molecule has 1 aliphatic carbocycles. The van der Waals surface area contributed by atoms with Crippen LogP contribution in [0.3, 0.4) is 0 Å². The van der Waals surface area contributed by atoms with Crippen molar-refractivity contribution in [2.75, 3.05) is 13.1 Å². The van der Waals surface area contributed by atoms with Gasteiger partial charge in [0.25, 0.3) is 0 Å². The van der Waals surface area contributed by atoms with Gasteiger partial charge in [0.05, 0.1) is 6.04 Å². The number of likely N-dealkylation sites (tertiary alicyclic amines) is 1. The summed E-state index contributed by atoms with van der Waals surface area (Å²) in [5.41, 5.74) is 1.55. The molecule has 0 radical (unpaired) electrons. The molecular weight excluding hydrogens is 313 g/mol. The predicted molar refractivity (Wildman–Crippen MR) is 87.5 cm³/mol. The molecule has 4 rings (SSSR count). The quantitative estimate of drug-likeness (QED) is 0.849. The number of carbonyl (C=O) groups excluding carboxylic acids is 2. The summed E-state index contributed by atoms with van der Waals surface area (Å²) in [6.07, 6.45) is 4.36. The second-order valence-corrected chi connectivity index (χ2v) is 7.71. The van der Waals surface area contributed by atoms with Crippen LogP contribution in [0, 0.1) is 11.7 Å². The van der Waals surface area contributed by atoms with E-state index < -0.39 is 6.04 Å². The van der Waals surface area contributed by atoms with Gasteiger partial charge in [-0.3, -0.25) is 14.5 Å². The zero-order valence-electron chi connectivity index (χ0n) is 12.7. The molecule has 0 N–H and O–H groups in total. The fourth-order valence-electron chi connectivity index (χ4n) is 3.52. The Labute approximate surface area is 138 Å². The van der Waals surface area contributed by atoms with Crippen molar-refractivity contribution in [3.05, 3.63) is 47.3 Å². The van der Waals surface area contributed by atoms with E-state index in [0.29, 0.717) is 12.1 Å². The number of rotatable bonds is 4. The number of thioether (sulfide) groups is 1. The second-order valence-electron chi connectivity index (χ2n) is 6.50. The lowest BCUT2D eigenvalue weighted by molar-refractivity contribution is -0.126. The molecule has 0 bridgehead atoms. The van der Waals surface area contributed by atoms with Crippen LogP contribution in [0.1, 0.15) is 30.9 Å². The summed E-state index contributed by atoms with van der Waals surface area (Å²) in [5, 5.41) is 0.346. The van der Waals surface area contributed by atoms with Gasteiger partial charge in [-0.25, -0.2) is 4.39 Å². The number of nitrogens with zero attached hydrogens (tertiary/aromatic N) is 1. The fourth-order valence-corrected chi connectivity index (χ4v) is 4.54. The summed E-state index contributed by atoms with van der Waals surface area (Å²) in [7, 11) is 0. The minimum atomic E-state index is -0.522. The monoisotopic (exact) mass is 331 g/mol. The van der Waals surface area contributed by atoms with Crippen LogP contribution < -0.4 is 0 Å². The van der Waals surface area contributed by atoms with Crippen LogP contribution in [0.25, 0.3) is 0 Å². The van der Waals surface area contributed by atoms with Crippen molar-refractivity contribution >= 4 is 22.7 Å². The lowest BCUT2D eigenvalue weighted by atomic mass is 9.94. The van der Waals surface area contributed by atoms with Gasteiger partial charge in [0.2, 0.25) is 5.12 Å². The van der Waals surface area contributed by atoms with Gasteiger partial charge in [-0.05, 0) is 37.0 Å². The van der Waals surface area contributed by atoms with E-state index in [1.54, 1.807) is 24.3 Å². The maximum Gasteiger partial charge on any atom is 0.212 e. The van der Waals surface area contributed by atoms with Crippen molar-refractivity contribution in [2.24, 2.45) is 5.92 Å². The molecule has 1 saturated heterocycles. The Morgan fingerprint density at radius 1 is 1.26 bits per heavy atom. The molecule has 1 saturated carbocycles. The lowest BCUT2D eigenvalue weighted by Gasteiger charge is -2.37. The van der Waals surface area contributed by atoms with Crippen LogP contribution >= 0.6 is 11.8 Å². The van der Waals surface area contributed by atoms with Gasteiger partial charge in [-0.2, -0.15) is 0 Å². The van der Waals surface area contributed by atoms with E-state index in [0.717, 1.165) is 31.4 Å². The molecule has 0 aromatic heterocycles. The van der Waals surface area contributed by atoms with Crippen molar-refractivity contribution in [2.45, 2.75) is 30.6 Å². The molecule has 1 aromatic rings. The molecule has 2 aliphatic heterocycles. The van der Waals surface area contributed by atoms with Gasteiger partial charge < -0.3 is 0 Å². The Morgan fingerprint density at radius 2 is 2.04 bits per heavy atom. The molecule has 0 amide bonds. The minimum absolute atomic E-state index is 0.0749. The molecule has 120 valence electrons. The van der Waals surface area contributed by atoms with Crippen LogP contribution in [0.5, 0.6) is 0 Å². The van der Waals surface area contributed by atoms with Gasteiger partial charge >= 0.3 is 0 Å². The molecule has 2 atom stereocenters. The molecule has 2 heterocycles. The third-order valence-corrected chi connectivity index (χ3v) is 6.03. The summed E-state index contributed by atoms with van der Waals surface area (Å²) >= 11 is 1.37. The smallest absolute Gasteiger partial charge is 0.212 e. The number of piperidine rings is 1. The highest BCUT2D eigenvalue weighted by molar-refractivity contribution is 8.15. The Bertz CT molecular complexity index is 698. The zero-order chi connectivity index (χ0) is 16.0. The van der Waals surface area contributed by atoms with E-state index in [9.17, 15) is 14.0 Å². The second kappa shape index (κ2) is 5.87. The summed E-state index contributed by atoms with van der Waals surface area (Å²) in [6, 6.07) is 6.05. The molecule has 23 heavy (non-hydrogen) atoms. The Kier molecular flexibility index (Phi) is 3.85. The first-order valence-corrected chi connectivity index (χ1v) is 8.95. The lowest BCUT2D eigenvalue weighted by Crippen LogP contribution is -2.42. The first-order chi connectivity index (χ1) is 11.1. The topological polar surface area (TPSA) is 37.4 Å². The molecule has 3 nitrogen and oxygen atoms in total. The third kappa shape index (κ3) is 2.88. The normalized spacial score (nSPS) is 25.9. The molecule has 1 aromatic carbocycles. The Hall–Kier alpha value is -1.46. The Balaban J connectivity index is 1.66. The van der Waals surface area contributed by atoms with Crippen LogP contribution in [0.15, 0.2) is 35.9 Å². The number of halogens is 1. The largest absolute Gasteiger partial charge is 0.297 e. The Morgan fingerprint density at radius 3 is 2.78 bits per heavy atom. The van der Waals surface area contributed by atoms with E-state index in [2.05, 4.69) is 4.90 Å². The number of fused-ring (bicyclic) bond motifs is 1. The standard InChI is InChI=1S/C18H18FNO2S/c19-14-4-2-1-3-13(14)17(18(22)11-5-6-11)20-8-7-15-12(10-20)9-16(21)23-15/h1-4,9,11,15,17H,5-8,10H2/t15?,17-/m1/s1. The molecule has 0 spiro atoms. The van der Waals surface area contributed by atoms with Gasteiger partial charge in [0.15, 0.2) is 5.78 Å². The van der Waals surface area contributed by atoms with Gasteiger partial charge in [-0.15, -0.1) is 0 Å². The van der Waals surface area contributed by atoms with Crippen LogP contribution in [0.4, 0.5) is 4.39 Å². The molecule has 2 fully saturated rings. The summed E-state index contributed by atoms with van der Waals surface area (Å²) < 4.78 is 14.3. The first-order valence-electron chi connectivity index (χ1n) is 8.07. The number of Topliss-reactive ketones (excluding diaryl/α,β-unsaturated/α-hetero) is 1. The highest BCUT2D eigenvalue weighted by atomic mass is 32.2. The SMILES string of the molecule is O=C1C=C2CN([C@@H](C(=O)C3CC3)c3ccccc3F)CCC2S1. The van der Waals surface area contributed by atoms with Crippen LogP contribution in [-0.2, 0) is 9.59 Å². The van der Waals surface area contributed by atoms with Crippen molar-refractivity contribution in [3.63, 3.8) is 0 Å². The zero-order valence-corrected chi connectivity index (χ0v) is 13.5. The highest BCUT2D eigenvalue weighted by Gasteiger charge is 2.42. The number of hydrogen-bond acceptors (Lipinski definition) is 4. The van der Waals surface area contributed by atoms with E-state index in [1.807, 2.05) is 0 Å². The highest BCUT2D eigenvalue weighted by Crippen LogP contribution is 2.41. The molecule has 1 unspecified atom stereocenters. The number of carbonyl (C=O) groups is 2. The number of benzene rings is 1. The van der Waals surface area contributed by atoms with Crippen molar-refractivity contribution < 1.29 is 14.0 Å². The maximum absolute atomic E-state index is 14.3. The van der Waals surface area contributed by atoms with E-state index >= 15 is 0 Å². The van der Waals surface area contributed by atoms with Crippen LogP contribution in [0.2, 0.25) is 0 Å². The van der Waals surface area contributed by atoms with Gasteiger partial charge in [0, 0.05) is 29.8 Å². The summed E-state index contributed by atoms with van der Waals surface area (Å²) in [5.74, 6) is -0.114. The molecule has 5 heteroatoms. The minimum Gasteiger partial charge on any atom is -0.297 e. The first kappa shape index (κ1) is 15.1. The van der Waals surface area contributed by atoms with Crippen LogP contribution in [-0.4, -0.2) is 34.1 Å². The van der Waals surface area contributed by atoms with E-state index in [4.69, 9.17) is 0 Å².